The van der Waals surface area contributed by atoms with Crippen molar-refractivity contribution in [2.45, 2.75) is 367 Å². The molecular weight excluding hydrogens is 1280 g/mol. The number of aliphatic hydroxyl groups is 1. The number of carbonyl (C=O) groups is 4. The van der Waals surface area contributed by atoms with E-state index in [2.05, 4.69) is 101 Å². The van der Waals surface area contributed by atoms with E-state index in [0.29, 0.717) is 25.7 Å². The van der Waals surface area contributed by atoms with Crippen LogP contribution in [-0.4, -0.2) is 96.7 Å². The molecule has 0 heterocycles. The van der Waals surface area contributed by atoms with Crippen LogP contribution in [0.4, 0.5) is 0 Å². The number of unbranched alkanes of at least 4 members (excludes halogenated alkanes) is 36. The number of hydrogen-bond donors (Lipinski definition) is 3. The van der Waals surface area contributed by atoms with Gasteiger partial charge in [0.25, 0.3) is 0 Å². The molecule has 0 amide bonds. The molecule has 570 valence electrons. The molecule has 0 aliphatic rings. The molecule has 0 bridgehead atoms. The number of aliphatic hydroxyl groups excluding tert-OH is 1. The lowest BCUT2D eigenvalue weighted by Crippen LogP contribution is -2.30. The van der Waals surface area contributed by atoms with Gasteiger partial charge in [-0.3, -0.25) is 37.3 Å². The highest BCUT2D eigenvalue weighted by molar-refractivity contribution is 7.47. The number of phosphoric ester groups is 2. The fraction of sp³-hybridized carbons (Fsp3) is 0.797. The maximum atomic E-state index is 13.1. The van der Waals surface area contributed by atoms with Crippen molar-refractivity contribution in [3.05, 3.63) is 72.9 Å². The number of rotatable bonds is 74. The molecule has 0 aromatic heterocycles. The Bertz CT molecular complexity index is 2140. The summed E-state index contributed by atoms with van der Waals surface area (Å²) in [7, 11) is -9.94. The number of carbonyl (C=O) groups excluding carboxylic acids is 4. The van der Waals surface area contributed by atoms with Crippen molar-refractivity contribution in [3.8, 4) is 0 Å². The molecule has 3 N–H and O–H groups in total. The van der Waals surface area contributed by atoms with Gasteiger partial charge in [0, 0.05) is 25.7 Å². The van der Waals surface area contributed by atoms with Crippen molar-refractivity contribution >= 4 is 39.5 Å². The maximum Gasteiger partial charge on any atom is 0.472 e. The molecule has 0 aromatic carbocycles. The Morgan fingerprint density at radius 1 is 0.296 bits per heavy atom. The molecule has 98 heavy (non-hydrogen) atoms. The van der Waals surface area contributed by atoms with E-state index in [1.165, 1.54) is 103 Å². The van der Waals surface area contributed by atoms with Gasteiger partial charge in [-0.25, -0.2) is 9.13 Å². The zero-order valence-corrected chi connectivity index (χ0v) is 64.0. The van der Waals surface area contributed by atoms with E-state index in [9.17, 15) is 43.2 Å². The fourth-order valence-corrected chi connectivity index (χ4v) is 12.4. The Hall–Kier alpha value is -3.50. The normalized spacial score (nSPS) is 14.3. The Morgan fingerprint density at radius 3 is 0.816 bits per heavy atom. The zero-order valence-electron chi connectivity index (χ0n) is 62.2. The highest BCUT2D eigenvalue weighted by atomic mass is 31.2. The summed E-state index contributed by atoms with van der Waals surface area (Å²) in [6.07, 6.45) is 71.7. The molecule has 0 aliphatic heterocycles. The largest absolute Gasteiger partial charge is 0.472 e. The summed E-state index contributed by atoms with van der Waals surface area (Å²) in [6.45, 7) is 4.68. The summed E-state index contributed by atoms with van der Waals surface area (Å²) in [5.41, 5.74) is 0. The fourth-order valence-electron chi connectivity index (χ4n) is 10.8. The van der Waals surface area contributed by atoms with Gasteiger partial charge in [0.2, 0.25) is 0 Å². The Balaban J connectivity index is 5.31. The van der Waals surface area contributed by atoms with Crippen molar-refractivity contribution in [2.75, 3.05) is 39.6 Å². The standard InChI is InChI=1S/C79H142O17P2/c1-5-9-13-17-21-25-29-32-35-36-39-41-45-48-52-56-60-64-77(82)90-70-75(96-79(84)66-62-58-54-50-46-42-38-34-31-27-23-19-15-11-7-3)72-94-98(87,88)92-68-73(80)67-91-97(85,86)93-71-74(95-78(83)65-61-57-53-49-43-28-24-20-16-12-8-4)69-89-76(81)63-59-55-51-47-44-40-37-33-30-26-22-18-14-10-6-2/h9-10,13-14,21-22,25-26,32-33,35,37,73-75,80H,5-8,11-12,15-20,23-24,27-31,34,36,38-72H2,1-4H3,(H,85,86)(H,87,88)/b13-9-,14-10-,25-21-,26-22-,35-32-,37-33-. The lowest BCUT2D eigenvalue weighted by Gasteiger charge is -2.21. The first-order valence-electron chi connectivity index (χ1n) is 39.2. The monoisotopic (exact) mass is 1420 g/mol. The topological polar surface area (TPSA) is 237 Å². The summed E-state index contributed by atoms with van der Waals surface area (Å²) in [4.78, 5) is 72.9. The molecule has 5 unspecified atom stereocenters. The molecule has 19 heteroatoms. The van der Waals surface area contributed by atoms with Gasteiger partial charge < -0.3 is 33.8 Å². The average molecular weight is 1430 g/mol. The second kappa shape index (κ2) is 71.9. The van der Waals surface area contributed by atoms with Crippen LogP contribution in [0, 0.1) is 0 Å². The highest BCUT2D eigenvalue weighted by Crippen LogP contribution is 2.45. The average Bonchev–Trinajstić information content (AvgIpc) is 0.986. The van der Waals surface area contributed by atoms with Gasteiger partial charge in [-0.15, -0.1) is 0 Å². The van der Waals surface area contributed by atoms with Gasteiger partial charge >= 0.3 is 39.5 Å². The van der Waals surface area contributed by atoms with Crippen LogP contribution in [0.25, 0.3) is 0 Å². The number of hydrogen-bond acceptors (Lipinski definition) is 15. The van der Waals surface area contributed by atoms with Gasteiger partial charge in [-0.05, 0) is 89.9 Å². The molecular formula is C79H142O17P2. The Labute approximate surface area is 596 Å². The van der Waals surface area contributed by atoms with Crippen LogP contribution in [0.1, 0.15) is 349 Å². The van der Waals surface area contributed by atoms with Crippen molar-refractivity contribution < 1.29 is 80.2 Å². The minimum Gasteiger partial charge on any atom is -0.462 e. The molecule has 0 saturated carbocycles. The van der Waals surface area contributed by atoms with Crippen molar-refractivity contribution in [2.24, 2.45) is 0 Å². The van der Waals surface area contributed by atoms with Crippen LogP contribution in [0.5, 0.6) is 0 Å². The lowest BCUT2D eigenvalue weighted by molar-refractivity contribution is -0.161. The minimum absolute atomic E-state index is 0.0960. The second-order valence-electron chi connectivity index (χ2n) is 26.3. The van der Waals surface area contributed by atoms with Crippen LogP contribution >= 0.6 is 15.6 Å². The van der Waals surface area contributed by atoms with Gasteiger partial charge in [-0.2, -0.15) is 0 Å². The van der Waals surface area contributed by atoms with Crippen molar-refractivity contribution in [3.63, 3.8) is 0 Å². The van der Waals surface area contributed by atoms with Crippen LogP contribution in [0.2, 0.25) is 0 Å². The van der Waals surface area contributed by atoms with E-state index in [1.807, 2.05) is 0 Å². The maximum absolute atomic E-state index is 13.1. The van der Waals surface area contributed by atoms with E-state index >= 15 is 0 Å². The number of allylic oxidation sites excluding steroid dienone is 12. The number of esters is 4. The van der Waals surface area contributed by atoms with E-state index in [4.69, 9.17) is 37.0 Å². The van der Waals surface area contributed by atoms with E-state index in [0.717, 1.165) is 167 Å². The Morgan fingerprint density at radius 2 is 0.531 bits per heavy atom. The van der Waals surface area contributed by atoms with E-state index < -0.39 is 97.5 Å². The first-order chi connectivity index (χ1) is 47.7. The van der Waals surface area contributed by atoms with Crippen LogP contribution < -0.4 is 0 Å². The van der Waals surface area contributed by atoms with Gasteiger partial charge in [0.1, 0.15) is 19.3 Å². The summed E-state index contributed by atoms with van der Waals surface area (Å²) >= 11 is 0. The molecule has 0 radical (unpaired) electrons. The Kier molecular flexibility index (Phi) is 69.3. The predicted octanol–water partition coefficient (Wildman–Crippen LogP) is 22.4. The van der Waals surface area contributed by atoms with Gasteiger partial charge in [0.15, 0.2) is 12.2 Å². The number of ether oxygens (including phenoxy) is 4. The third-order valence-corrected chi connectivity index (χ3v) is 18.6. The molecule has 17 nitrogen and oxygen atoms in total. The summed E-state index contributed by atoms with van der Waals surface area (Å²) in [5, 5.41) is 10.6. The van der Waals surface area contributed by atoms with E-state index in [-0.39, 0.29) is 25.7 Å². The SMILES string of the molecule is CC/C=C\C/C=C\C/C=C\CCCCCCCCCC(=O)OCC(COP(=O)(O)OCC(O)COP(=O)(O)OCC(COC(=O)CCCCCCC/C=C\C/C=C\C/C=C\CC)OC(=O)CCCCCCCCCCCCC)OC(=O)CCCCCCCCCCCCCCCCC. The zero-order chi connectivity index (χ0) is 71.8. The molecule has 0 rings (SSSR count). The summed E-state index contributed by atoms with van der Waals surface area (Å²) < 4.78 is 68.5. The van der Waals surface area contributed by atoms with Crippen LogP contribution in [0.3, 0.4) is 0 Å². The molecule has 5 atom stereocenters. The summed E-state index contributed by atoms with van der Waals surface area (Å²) in [5.74, 6) is -2.17. The third-order valence-electron chi connectivity index (χ3n) is 16.7. The smallest absolute Gasteiger partial charge is 0.462 e. The highest BCUT2D eigenvalue weighted by Gasteiger charge is 2.30. The molecule has 0 saturated heterocycles. The van der Waals surface area contributed by atoms with Crippen molar-refractivity contribution in [1.29, 1.82) is 0 Å². The first-order valence-corrected chi connectivity index (χ1v) is 42.2. The predicted molar refractivity (Wildman–Crippen MR) is 400 cm³/mol. The minimum atomic E-state index is -4.97. The van der Waals surface area contributed by atoms with E-state index in [1.54, 1.807) is 0 Å². The summed E-state index contributed by atoms with van der Waals surface area (Å²) in [6, 6.07) is 0. The first kappa shape index (κ1) is 94.5. The second-order valence-corrected chi connectivity index (χ2v) is 29.2. The van der Waals surface area contributed by atoms with Gasteiger partial charge in [0.05, 0.1) is 26.4 Å². The van der Waals surface area contributed by atoms with Crippen LogP contribution in [0.15, 0.2) is 72.9 Å². The van der Waals surface area contributed by atoms with Crippen LogP contribution in [-0.2, 0) is 65.4 Å². The lowest BCUT2D eigenvalue weighted by atomic mass is 10.0. The molecule has 0 fully saturated rings. The van der Waals surface area contributed by atoms with Gasteiger partial charge in [-0.1, -0.05) is 306 Å². The quantitative estimate of drug-likeness (QED) is 0.0169. The van der Waals surface area contributed by atoms with Crippen molar-refractivity contribution in [1.82, 2.24) is 0 Å². The molecule has 0 aliphatic carbocycles. The molecule has 0 spiro atoms. The number of phosphoric acid groups is 2. The molecule has 0 aromatic rings. The third kappa shape index (κ3) is 70.9.